The highest BCUT2D eigenvalue weighted by molar-refractivity contribution is 5.30. The fourth-order valence-electron chi connectivity index (χ4n) is 6.24. The number of ether oxygens (including phenoxy) is 1. The lowest BCUT2D eigenvalue weighted by Gasteiger charge is -2.61. The number of hydrogen-bond donors (Lipinski definition) is 0. The Kier molecular flexibility index (Phi) is 4.29. The number of hydrogen-bond acceptors (Lipinski definition) is 2. The van der Waals surface area contributed by atoms with Crippen LogP contribution in [0, 0.1) is 16.7 Å². The molecule has 24 heavy (non-hydrogen) atoms. The molecular weight excluding hydrogens is 298 g/mol. The van der Waals surface area contributed by atoms with E-state index >= 15 is 0 Å². The van der Waals surface area contributed by atoms with Crippen molar-refractivity contribution in [2.45, 2.75) is 90.8 Å². The first-order valence-corrected chi connectivity index (χ1v) is 9.57. The average molecular weight is 332 g/mol. The highest BCUT2D eigenvalue weighted by Gasteiger charge is 2.64. The van der Waals surface area contributed by atoms with E-state index < -0.39 is 0 Å². The van der Waals surface area contributed by atoms with Crippen molar-refractivity contribution in [3.8, 4) is 0 Å². The first-order chi connectivity index (χ1) is 11.2. The molecular formula is C20H33N3O. The summed E-state index contributed by atoms with van der Waals surface area (Å²) >= 11 is 0. The smallest absolute Gasteiger partial charge is 0.0953 e. The molecule has 0 aromatic carbocycles. The Morgan fingerprint density at radius 3 is 2.67 bits per heavy atom. The van der Waals surface area contributed by atoms with Gasteiger partial charge in [-0.3, -0.25) is 0 Å². The third-order valence-corrected chi connectivity index (χ3v) is 7.68. The van der Waals surface area contributed by atoms with Gasteiger partial charge in [0, 0.05) is 16.9 Å². The molecule has 0 aromatic rings. The molecule has 4 nitrogen and oxygen atoms in total. The van der Waals surface area contributed by atoms with Gasteiger partial charge in [0.25, 0.3) is 0 Å². The van der Waals surface area contributed by atoms with E-state index in [1.54, 1.807) is 0 Å². The van der Waals surface area contributed by atoms with Crippen LogP contribution in [0.15, 0.2) is 16.8 Å². The van der Waals surface area contributed by atoms with Crippen LogP contribution >= 0.6 is 0 Å². The molecule has 134 valence electrons. The second-order valence-corrected chi connectivity index (χ2v) is 9.52. The predicted octanol–water partition coefficient (Wildman–Crippen LogP) is 6.18. The normalized spacial score (nSPS) is 43.9. The van der Waals surface area contributed by atoms with Crippen LogP contribution < -0.4 is 0 Å². The SMILES string of the molecule is CC1=CC[C@H]2C(C)(C)CCC[C@]2(C)[C@@]12CC[C@@](C)(CCN=[N+]=[N-])O2. The molecule has 4 heteroatoms. The summed E-state index contributed by atoms with van der Waals surface area (Å²) in [5.74, 6) is 0.682. The lowest BCUT2D eigenvalue weighted by Crippen LogP contribution is -2.59. The zero-order chi connectivity index (χ0) is 17.6. The Morgan fingerprint density at radius 2 is 1.96 bits per heavy atom. The summed E-state index contributed by atoms with van der Waals surface area (Å²) in [6.45, 7) is 12.4. The molecule has 0 radical (unpaired) electrons. The lowest BCUT2D eigenvalue weighted by molar-refractivity contribution is -0.189. The van der Waals surface area contributed by atoms with Gasteiger partial charge in [0.2, 0.25) is 0 Å². The van der Waals surface area contributed by atoms with Crippen LogP contribution in [-0.2, 0) is 4.74 Å². The van der Waals surface area contributed by atoms with Crippen molar-refractivity contribution >= 4 is 0 Å². The zero-order valence-electron chi connectivity index (χ0n) is 16.1. The number of allylic oxidation sites excluding steroid dienone is 1. The third-order valence-electron chi connectivity index (χ3n) is 7.68. The molecule has 0 bridgehead atoms. The highest BCUT2D eigenvalue weighted by Crippen LogP contribution is 2.66. The summed E-state index contributed by atoms with van der Waals surface area (Å²) < 4.78 is 6.95. The summed E-state index contributed by atoms with van der Waals surface area (Å²) in [5.41, 5.74) is 10.3. The topological polar surface area (TPSA) is 58.0 Å². The van der Waals surface area contributed by atoms with E-state index in [0.717, 1.165) is 19.3 Å². The molecule has 3 aliphatic rings. The van der Waals surface area contributed by atoms with Gasteiger partial charge in [-0.1, -0.05) is 38.4 Å². The van der Waals surface area contributed by atoms with Gasteiger partial charge in [0.15, 0.2) is 0 Å². The molecule has 1 heterocycles. The van der Waals surface area contributed by atoms with Crippen LogP contribution in [0.4, 0.5) is 0 Å². The molecule has 0 aromatic heterocycles. The predicted molar refractivity (Wildman–Crippen MR) is 97.7 cm³/mol. The lowest BCUT2D eigenvalue weighted by atomic mass is 9.46. The van der Waals surface area contributed by atoms with Crippen LogP contribution in [0.2, 0.25) is 0 Å². The van der Waals surface area contributed by atoms with E-state index in [4.69, 9.17) is 10.3 Å². The Hall–Kier alpha value is -0.990. The van der Waals surface area contributed by atoms with Gasteiger partial charge >= 0.3 is 0 Å². The Labute approximate surface area is 146 Å². The van der Waals surface area contributed by atoms with E-state index in [1.807, 2.05) is 0 Å². The number of nitrogens with zero attached hydrogens (tertiary/aromatic N) is 3. The van der Waals surface area contributed by atoms with Crippen LogP contribution in [0.5, 0.6) is 0 Å². The number of rotatable bonds is 3. The summed E-state index contributed by atoms with van der Waals surface area (Å²) in [6, 6.07) is 0. The van der Waals surface area contributed by atoms with Crippen molar-refractivity contribution in [3.63, 3.8) is 0 Å². The molecule has 0 N–H and O–H groups in total. The minimum Gasteiger partial charge on any atom is -0.364 e. The standard InChI is InChI=1S/C20H33N3O/c1-15-7-8-16-17(2,3)9-6-10-19(16,5)20(15)12-11-18(4,24-20)13-14-22-23-21/h7,16H,6,8-14H2,1-5H3/t16-,18-,19-,20+/m0/s1. The molecule has 3 rings (SSSR count). The Balaban J connectivity index is 1.95. The fourth-order valence-corrected chi connectivity index (χ4v) is 6.24. The van der Waals surface area contributed by atoms with Gasteiger partial charge in [-0.05, 0) is 74.8 Å². The van der Waals surface area contributed by atoms with Gasteiger partial charge in [-0.2, -0.15) is 0 Å². The fraction of sp³-hybridized carbons (Fsp3) is 0.900. The maximum Gasteiger partial charge on any atom is 0.0953 e. The second-order valence-electron chi connectivity index (χ2n) is 9.52. The molecule has 4 atom stereocenters. The van der Waals surface area contributed by atoms with E-state index in [1.165, 1.54) is 31.3 Å². The summed E-state index contributed by atoms with van der Waals surface area (Å²) in [7, 11) is 0. The number of fused-ring (bicyclic) bond motifs is 2. The van der Waals surface area contributed by atoms with Gasteiger partial charge in [0.1, 0.15) is 0 Å². The molecule has 0 amide bonds. The van der Waals surface area contributed by atoms with E-state index in [0.29, 0.717) is 17.9 Å². The van der Waals surface area contributed by atoms with Gasteiger partial charge < -0.3 is 4.74 Å². The first-order valence-electron chi connectivity index (χ1n) is 9.57. The highest BCUT2D eigenvalue weighted by atomic mass is 16.5. The molecule has 1 saturated carbocycles. The Morgan fingerprint density at radius 1 is 1.21 bits per heavy atom. The molecule has 2 aliphatic carbocycles. The zero-order valence-corrected chi connectivity index (χ0v) is 16.1. The van der Waals surface area contributed by atoms with Crippen LogP contribution in [-0.4, -0.2) is 17.7 Å². The van der Waals surface area contributed by atoms with Gasteiger partial charge in [0.05, 0.1) is 11.2 Å². The average Bonchev–Trinajstić information content (AvgIpc) is 2.85. The minimum atomic E-state index is -0.171. The molecule has 1 spiro atoms. The minimum absolute atomic E-state index is 0.126. The van der Waals surface area contributed by atoms with Crippen LogP contribution in [0.25, 0.3) is 10.4 Å². The first kappa shape index (κ1) is 17.8. The maximum atomic E-state index is 8.57. The Bertz CT molecular complexity index is 592. The molecule has 0 unspecified atom stereocenters. The van der Waals surface area contributed by atoms with E-state index in [9.17, 15) is 0 Å². The number of azide groups is 1. The third kappa shape index (κ3) is 2.50. The monoisotopic (exact) mass is 331 g/mol. The van der Waals surface area contributed by atoms with E-state index in [2.05, 4.69) is 50.7 Å². The second kappa shape index (κ2) is 5.78. The summed E-state index contributed by atoms with van der Waals surface area (Å²) in [6.07, 6.45) is 10.5. The molecule has 1 aliphatic heterocycles. The maximum absolute atomic E-state index is 8.57. The van der Waals surface area contributed by atoms with Crippen molar-refractivity contribution < 1.29 is 4.74 Å². The van der Waals surface area contributed by atoms with Gasteiger partial charge in [-0.15, -0.1) is 0 Å². The van der Waals surface area contributed by atoms with Crippen molar-refractivity contribution in [2.24, 2.45) is 21.9 Å². The van der Waals surface area contributed by atoms with Crippen molar-refractivity contribution in [1.82, 2.24) is 0 Å². The quantitative estimate of drug-likeness (QED) is 0.264. The van der Waals surface area contributed by atoms with Crippen LogP contribution in [0.3, 0.4) is 0 Å². The van der Waals surface area contributed by atoms with Crippen molar-refractivity contribution in [3.05, 3.63) is 22.1 Å². The van der Waals surface area contributed by atoms with E-state index in [-0.39, 0.29) is 16.6 Å². The summed E-state index contributed by atoms with van der Waals surface area (Å²) in [4.78, 5) is 2.90. The molecule has 1 saturated heterocycles. The summed E-state index contributed by atoms with van der Waals surface area (Å²) in [5, 5.41) is 3.74. The van der Waals surface area contributed by atoms with Crippen molar-refractivity contribution in [2.75, 3.05) is 6.54 Å². The van der Waals surface area contributed by atoms with Crippen molar-refractivity contribution in [1.29, 1.82) is 0 Å². The molecule has 2 fully saturated rings. The van der Waals surface area contributed by atoms with Gasteiger partial charge in [-0.25, -0.2) is 0 Å². The van der Waals surface area contributed by atoms with Crippen LogP contribution in [0.1, 0.15) is 79.6 Å². The largest absolute Gasteiger partial charge is 0.364 e.